The lowest BCUT2D eigenvalue weighted by Gasteiger charge is -2.42. The van der Waals surface area contributed by atoms with Crippen molar-refractivity contribution in [3.8, 4) is 0 Å². The molecular formula is C30H29F3N4O2. The van der Waals surface area contributed by atoms with Gasteiger partial charge in [-0.2, -0.15) is 0 Å². The van der Waals surface area contributed by atoms with Gasteiger partial charge in [-0.3, -0.25) is 9.78 Å². The summed E-state index contributed by atoms with van der Waals surface area (Å²) in [4.78, 5) is 19.9. The zero-order valence-electron chi connectivity index (χ0n) is 21.3. The Bertz CT molecular complexity index is 1520. The molecule has 1 saturated heterocycles. The van der Waals surface area contributed by atoms with E-state index in [4.69, 9.17) is 0 Å². The molecule has 39 heavy (non-hydrogen) atoms. The topological polar surface area (TPSA) is 70.4 Å². The van der Waals surface area contributed by atoms with Crippen LogP contribution in [0.2, 0.25) is 0 Å². The number of nitrogens with zero attached hydrogens (tertiary/aromatic N) is 3. The molecular weight excluding hydrogens is 505 g/mol. The van der Waals surface area contributed by atoms with Gasteiger partial charge in [0.25, 0.3) is 0 Å². The summed E-state index contributed by atoms with van der Waals surface area (Å²) in [7, 11) is 0. The monoisotopic (exact) mass is 534 g/mol. The minimum absolute atomic E-state index is 0.0287. The van der Waals surface area contributed by atoms with Gasteiger partial charge in [0.05, 0.1) is 11.4 Å². The molecule has 6 nitrogen and oxygen atoms in total. The Morgan fingerprint density at radius 1 is 1.08 bits per heavy atom. The van der Waals surface area contributed by atoms with Crippen molar-refractivity contribution in [3.05, 3.63) is 101 Å². The Labute approximate surface area is 224 Å². The lowest BCUT2D eigenvalue weighted by Crippen LogP contribution is -2.55. The maximum atomic E-state index is 15.2. The largest absolute Gasteiger partial charge is 0.384 e. The highest BCUT2D eigenvalue weighted by atomic mass is 19.2. The molecule has 2 aliphatic rings. The Balaban J connectivity index is 1.35. The van der Waals surface area contributed by atoms with Crippen molar-refractivity contribution in [2.75, 3.05) is 13.1 Å². The molecule has 202 valence electrons. The first-order chi connectivity index (χ1) is 18.8. The number of aliphatic hydroxyl groups is 1. The van der Waals surface area contributed by atoms with Crippen molar-refractivity contribution >= 4 is 16.8 Å². The van der Waals surface area contributed by atoms with E-state index in [9.17, 15) is 18.7 Å². The smallest absolute Gasteiger partial charge is 0.230 e. The summed E-state index contributed by atoms with van der Waals surface area (Å²) >= 11 is 0. The number of aromatic nitrogens is 2. The van der Waals surface area contributed by atoms with E-state index >= 15 is 4.39 Å². The van der Waals surface area contributed by atoms with E-state index in [0.29, 0.717) is 24.0 Å². The molecule has 0 unspecified atom stereocenters. The summed E-state index contributed by atoms with van der Waals surface area (Å²) in [6, 6.07) is 12.0. The zero-order valence-corrected chi connectivity index (χ0v) is 21.3. The third-order valence-electron chi connectivity index (χ3n) is 7.97. The van der Waals surface area contributed by atoms with Crippen LogP contribution >= 0.6 is 0 Å². The second-order valence-corrected chi connectivity index (χ2v) is 10.5. The highest BCUT2D eigenvalue weighted by Gasteiger charge is 2.48. The first-order valence-electron chi connectivity index (χ1n) is 13.2. The van der Waals surface area contributed by atoms with Crippen molar-refractivity contribution in [3.63, 3.8) is 0 Å². The maximum absolute atomic E-state index is 15.2. The number of carbonyl (C=O) groups is 1. The van der Waals surface area contributed by atoms with E-state index in [2.05, 4.69) is 10.3 Å². The fraction of sp³-hybridized carbons (Fsp3) is 0.333. The van der Waals surface area contributed by atoms with Gasteiger partial charge in [-0.05, 0) is 78.9 Å². The molecule has 0 radical (unpaired) electrons. The van der Waals surface area contributed by atoms with E-state index in [0.717, 1.165) is 36.1 Å². The summed E-state index contributed by atoms with van der Waals surface area (Å²) in [5.74, 6) is -3.64. The third kappa shape index (κ3) is 4.81. The summed E-state index contributed by atoms with van der Waals surface area (Å²) < 4.78 is 44.9. The van der Waals surface area contributed by atoms with Crippen molar-refractivity contribution in [2.45, 2.75) is 44.0 Å². The van der Waals surface area contributed by atoms with Crippen LogP contribution in [-0.2, 0) is 23.5 Å². The zero-order chi connectivity index (χ0) is 27.1. The fourth-order valence-electron chi connectivity index (χ4n) is 5.76. The average Bonchev–Trinajstić information content (AvgIpc) is 3.72. The van der Waals surface area contributed by atoms with Gasteiger partial charge in [0.2, 0.25) is 5.91 Å². The number of amides is 1. The molecule has 6 rings (SSSR count). The Morgan fingerprint density at radius 2 is 1.87 bits per heavy atom. The highest BCUT2D eigenvalue weighted by molar-refractivity contribution is 5.86. The SMILES string of the molecule is O=C([C@H]1CNCC[C@]1(O)c1ccc(F)c(F)c1)N(Cc1cn(Cc2ccncc2)c2cccc(F)c12)C1CC1. The summed E-state index contributed by atoms with van der Waals surface area (Å²) in [6.07, 6.45) is 7.11. The number of carbonyl (C=O) groups excluding carboxylic acids is 1. The quantitative estimate of drug-likeness (QED) is 0.367. The molecule has 1 saturated carbocycles. The van der Waals surface area contributed by atoms with Crippen LogP contribution in [0.1, 0.15) is 36.0 Å². The molecule has 1 amide bonds. The van der Waals surface area contributed by atoms with Gasteiger partial charge in [0.1, 0.15) is 11.4 Å². The number of piperidine rings is 1. The van der Waals surface area contributed by atoms with Crippen molar-refractivity contribution in [1.82, 2.24) is 19.8 Å². The highest BCUT2D eigenvalue weighted by Crippen LogP contribution is 2.40. The van der Waals surface area contributed by atoms with E-state index in [1.165, 1.54) is 12.1 Å². The molecule has 1 aliphatic carbocycles. The fourth-order valence-corrected chi connectivity index (χ4v) is 5.76. The van der Waals surface area contributed by atoms with Gasteiger partial charge in [-0.1, -0.05) is 12.1 Å². The van der Waals surface area contributed by atoms with Crippen LogP contribution < -0.4 is 5.32 Å². The van der Waals surface area contributed by atoms with Crippen LogP contribution in [0.15, 0.2) is 67.1 Å². The molecule has 9 heteroatoms. The van der Waals surface area contributed by atoms with Crippen molar-refractivity contribution in [2.24, 2.45) is 5.92 Å². The number of hydrogen-bond donors (Lipinski definition) is 2. The molecule has 2 fully saturated rings. The number of nitrogens with one attached hydrogen (secondary N) is 1. The van der Waals surface area contributed by atoms with Gasteiger partial charge in [0, 0.05) is 49.7 Å². The summed E-state index contributed by atoms with van der Waals surface area (Å²) in [5.41, 5.74) is 0.930. The van der Waals surface area contributed by atoms with Gasteiger partial charge < -0.3 is 19.9 Å². The first kappa shape index (κ1) is 25.6. The van der Waals surface area contributed by atoms with Crippen LogP contribution in [0.5, 0.6) is 0 Å². The van der Waals surface area contributed by atoms with E-state index < -0.39 is 23.2 Å². The second-order valence-electron chi connectivity index (χ2n) is 10.5. The number of halogens is 3. The molecule has 0 spiro atoms. The molecule has 2 aromatic carbocycles. The number of pyridine rings is 1. The predicted molar refractivity (Wildman–Crippen MR) is 140 cm³/mol. The number of rotatable bonds is 7. The molecule has 1 aliphatic heterocycles. The van der Waals surface area contributed by atoms with Crippen molar-refractivity contribution in [1.29, 1.82) is 0 Å². The van der Waals surface area contributed by atoms with Gasteiger partial charge in [-0.25, -0.2) is 13.2 Å². The number of fused-ring (bicyclic) bond motifs is 1. The Kier molecular flexibility index (Phi) is 6.64. The average molecular weight is 535 g/mol. The van der Waals surface area contributed by atoms with Gasteiger partial charge >= 0.3 is 0 Å². The van der Waals surface area contributed by atoms with Crippen LogP contribution in [0.3, 0.4) is 0 Å². The summed E-state index contributed by atoms with van der Waals surface area (Å²) in [6.45, 7) is 1.31. The molecule has 3 heterocycles. The Morgan fingerprint density at radius 3 is 2.62 bits per heavy atom. The third-order valence-corrected chi connectivity index (χ3v) is 7.97. The summed E-state index contributed by atoms with van der Waals surface area (Å²) in [5, 5.41) is 15.4. The Hall–Kier alpha value is -3.69. The van der Waals surface area contributed by atoms with Gasteiger partial charge in [-0.15, -0.1) is 0 Å². The molecule has 2 N–H and O–H groups in total. The minimum Gasteiger partial charge on any atom is -0.384 e. The lowest BCUT2D eigenvalue weighted by atomic mass is 9.75. The maximum Gasteiger partial charge on any atom is 0.230 e. The van der Waals surface area contributed by atoms with Crippen LogP contribution in [-0.4, -0.2) is 44.6 Å². The van der Waals surface area contributed by atoms with E-state index in [1.807, 2.05) is 29.0 Å². The van der Waals surface area contributed by atoms with Crippen LogP contribution in [0, 0.1) is 23.4 Å². The molecule has 2 aromatic heterocycles. The molecule has 0 bridgehead atoms. The standard InChI is InChI=1S/C30H29F3N4O2/c31-24-7-4-21(14-26(24)33)30(39)10-13-35-15-23(30)29(38)37(22-5-6-22)18-20-17-36(16-19-8-11-34-12-9-19)27-3-1-2-25(32)28(20)27/h1-4,7-9,11-12,14,17,22-23,35,39H,5-6,10,13,15-16,18H2/t23-,30+/m1/s1. The van der Waals surface area contributed by atoms with Crippen LogP contribution in [0.25, 0.3) is 10.9 Å². The van der Waals surface area contributed by atoms with E-state index in [1.54, 1.807) is 23.4 Å². The second kappa shape index (κ2) is 10.1. The number of benzene rings is 2. The van der Waals surface area contributed by atoms with Crippen LogP contribution in [0.4, 0.5) is 13.2 Å². The number of hydrogen-bond acceptors (Lipinski definition) is 4. The molecule has 2 atom stereocenters. The predicted octanol–water partition coefficient (Wildman–Crippen LogP) is 4.49. The first-order valence-corrected chi connectivity index (χ1v) is 13.2. The molecule has 4 aromatic rings. The van der Waals surface area contributed by atoms with E-state index in [-0.39, 0.29) is 42.8 Å². The van der Waals surface area contributed by atoms with Gasteiger partial charge in [0.15, 0.2) is 11.6 Å². The lowest BCUT2D eigenvalue weighted by molar-refractivity contribution is -0.150. The normalized spacial score (nSPS) is 21.3. The van der Waals surface area contributed by atoms with Crippen molar-refractivity contribution < 1.29 is 23.1 Å². The minimum atomic E-state index is -1.66.